The third kappa shape index (κ3) is 5.01. The molecule has 2 amide bonds. The molecule has 0 saturated carbocycles. The SMILES string of the molecule is O=C(Nc1cc(C(F)(F)F)cc(C(F)(F)F)c1)C1CC(=O)N(C2CCOCC2)C1. The molecule has 2 aliphatic rings. The van der Waals surface area contributed by atoms with Gasteiger partial charge in [0.25, 0.3) is 0 Å². The van der Waals surface area contributed by atoms with E-state index in [0.717, 1.165) is 0 Å². The molecule has 0 bridgehead atoms. The standard InChI is InChI=1S/C18H18F6N2O3/c19-17(20,21)11-6-12(18(22,23)24)8-13(7-11)25-16(28)10-5-15(27)26(9-10)14-1-3-29-4-2-14/h6-8,10,14H,1-5,9H2,(H,25,28). The monoisotopic (exact) mass is 424 g/mol. The van der Waals surface area contributed by atoms with Gasteiger partial charge in [0.05, 0.1) is 17.0 Å². The van der Waals surface area contributed by atoms with E-state index in [1.807, 2.05) is 0 Å². The van der Waals surface area contributed by atoms with Crippen LogP contribution < -0.4 is 5.32 Å². The van der Waals surface area contributed by atoms with Crippen LogP contribution in [-0.2, 0) is 26.7 Å². The minimum absolute atomic E-state index is 0.0123. The lowest BCUT2D eigenvalue weighted by atomic mass is 10.1. The molecule has 0 radical (unpaired) electrons. The maximum atomic E-state index is 12.9. The van der Waals surface area contributed by atoms with E-state index in [0.29, 0.717) is 38.2 Å². The number of nitrogens with zero attached hydrogens (tertiary/aromatic N) is 1. The van der Waals surface area contributed by atoms with Crippen molar-refractivity contribution in [1.82, 2.24) is 4.90 Å². The van der Waals surface area contributed by atoms with Crippen molar-refractivity contribution in [1.29, 1.82) is 0 Å². The first-order valence-electron chi connectivity index (χ1n) is 8.92. The molecule has 1 N–H and O–H groups in total. The molecule has 5 nitrogen and oxygen atoms in total. The summed E-state index contributed by atoms with van der Waals surface area (Å²) in [4.78, 5) is 26.2. The first-order valence-corrected chi connectivity index (χ1v) is 8.92. The van der Waals surface area contributed by atoms with Gasteiger partial charge in [-0.15, -0.1) is 0 Å². The van der Waals surface area contributed by atoms with Crippen molar-refractivity contribution in [2.45, 2.75) is 37.7 Å². The Bertz CT molecular complexity index is 755. The van der Waals surface area contributed by atoms with E-state index in [-0.39, 0.29) is 31.0 Å². The zero-order valence-electron chi connectivity index (χ0n) is 15.1. The molecule has 1 aromatic rings. The molecule has 0 aromatic heterocycles. The van der Waals surface area contributed by atoms with Crippen LogP contribution in [0.2, 0.25) is 0 Å². The van der Waals surface area contributed by atoms with Gasteiger partial charge in [-0.05, 0) is 31.0 Å². The van der Waals surface area contributed by atoms with E-state index < -0.39 is 41.0 Å². The first-order chi connectivity index (χ1) is 13.4. The van der Waals surface area contributed by atoms with Gasteiger partial charge >= 0.3 is 12.4 Å². The van der Waals surface area contributed by atoms with Crippen LogP contribution >= 0.6 is 0 Å². The van der Waals surface area contributed by atoms with Crippen molar-refractivity contribution in [3.8, 4) is 0 Å². The summed E-state index contributed by atoms with van der Waals surface area (Å²) in [5, 5.41) is 2.11. The van der Waals surface area contributed by atoms with Crippen molar-refractivity contribution in [3.63, 3.8) is 0 Å². The number of likely N-dealkylation sites (tertiary alicyclic amines) is 1. The highest BCUT2D eigenvalue weighted by molar-refractivity contribution is 5.97. The summed E-state index contributed by atoms with van der Waals surface area (Å²) in [7, 11) is 0. The lowest BCUT2D eigenvalue weighted by Crippen LogP contribution is -2.41. The summed E-state index contributed by atoms with van der Waals surface area (Å²) in [5.41, 5.74) is -3.66. The summed E-state index contributed by atoms with van der Waals surface area (Å²) in [6.07, 6.45) is -8.94. The summed E-state index contributed by atoms with van der Waals surface area (Å²) >= 11 is 0. The summed E-state index contributed by atoms with van der Waals surface area (Å²) in [5.74, 6) is -1.91. The van der Waals surface area contributed by atoms with Crippen LogP contribution in [0.5, 0.6) is 0 Å². The van der Waals surface area contributed by atoms with Gasteiger partial charge in [-0.1, -0.05) is 0 Å². The van der Waals surface area contributed by atoms with Gasteiger partial charge in [-0.3, -0.25) is 9.59 Å². The number of hydrogen-bond acceptors (Lipinski definition) is 3. The van der Waals surface area contributed by atoms with Crippen LogP contribution in [0.4, 0.5) is 32.0 Å². The molecule has 11 heteroatoms. The smallest absolute Gasteiger partial charge is 0.381 e. The van der Waals surface area contributed by atoms with Crippen molar-refractivity contribution in [2.75, 3.05) is 25.1 Å². The highest BCUT2D eigenvalue weighted by Crippen LogP contribution is 2.37. The molecule has 1 unspecified atom stereocenters. The van der Waals surface area contributed by atoms with Crippen LogP contribution in [0.3, 0.4) is 0 Å². The summed E-state index contributed by atoms with van der Waals surface area (Å²) < 4.78 is 82.9. The summed E-state index contributed by atoms with van der Waals surface area (Å²) in [6.45, 7) is 1.03. The predicted octanol–water partition coefficient (Wildman–Crippen LogP) is 3.69. The second-order valence-corrected chi connectivity index (χ2v) is 7.07. The quantitative estimate of drug-likeness (QED) is 0.754. The molecule has 1 aromatic carbocycles. The molecule has 3 rings (SSSR count). The molecule has 0 aliphatic carbocycles. The molecule has 0 spiro atoms. The Morgan fingerprint density at radius 1 is 1.00 bits per heavy atom. The maximum absolute atomic E-state index is 12.9. The number of ether oxygens (including phenoxy) is 1. The number of benzene rings is 1. The van der Waals surface area contributed by atoms with E-state index in [4.69, 9.17) is 4.74 Å². The Morgan fingerprint density at radius 3 is 2.07 bits per heavy atom. The average molecular weight is 424 g/mol. The van der Waals surface area contributed by atoms with Crippen molar-refractivity contribution in [2.24, 2.45) is 5.92 Å². The fraction of sp³-hybridized carbons (Fsp3) is 0.556. The molecule has 2 fully saturated rings. The maximum Gasteiger partial charge on any atom is 0.416 e. The van der Waals surface area contributed by atoms with Gasteiger partial charge in [-0.25, -0.2) is 0 Å². The van der Waals surface area contributed by atoms with Crippen LogP contribution in [0.25, 0.3) is 0 Å². The second kappa shape index (κ2) is 7.85. The number of anilines is 1. The predicted molar refractivity (Wildman–Crippen MR) is 88.7 cm³/mol. The third-order valence-electron chi connectivity index (χ3n) is 5.02. The lowest BCUT2D eigenvalue weighted by Gasteiger charge is -2.31. The van der Waals surface area contributed by atoms with Gasteiger partial charge < -0.3 is 15.0 Å². The summed E-state index contributed by atoms with van der Waals surface area (Å²) in [6, 6.07) is 0.793. The number of amides is 2. The van der Waals surface area contributed by atoms with Crippen LogP contribution in [-0.4, -0.2) is 42.5 Å². The van der Waals surface area contributed by atoms with E-state index >= 15 is 0 Å². The number of rotatable bonds is 3. The molecule has 2 heterocycles. The van der Waals surface area contributed by atoms with Crippen molar-refractivity contribution < 1.29 is 40.7 Å². The van der Waals surface area contributed by atoms with Crippen LogP contribution in [0, 0.1) is 5.92 Å². The molecule has 2 aliphatic heterocycles. The number of halogens is 6. The Hall–Kier alpha value is -2.30. The molecular formula is C18H18F6N2O3. The largest absolute Gasteiger partial charge is 0.416 e. The number of nitrogens with one attached hydrogen (secondary N) is 1. The lowest BCUT2D eigenvalue weighted by molar-refractivity contribution is -0.143. The molecule has 160 valence electrons. The molecule has 1 atom stereocenters. The third-order valence-corrected chi connectivity index (χ3v) is 5.02. The van der Waals surface area contributed by atoms with Gasteiger partial charge in [0.15, 0.2) is 0 Å². The first kappa shape index (κ1) is 21.4. The van der Waals surface area contributed by atoms with Crippen molar-refractivity contribution >= 4 is 17.5 Å². The molecule has 29 heavy (non-hydrogen) atoms. The fourth-order valence-corrected chi connectivity index (χ4v) is 3.53. The van der Waals surface area contributed by atoms with E-state index in [2.05, 4.69) is 5.32 Å². The Balaban J connectivity index is 1.75. The Kier molecular flexibility index (Phi) is 5.79. The number of hydrogen-bond donors (Lipinski definition) is 1. The van der Waals surface area contributed by atoms with Gasteiger partial charge in [0.2, 0.25) is 11.8 Å². The van der Waals surface area contributed by atoms with E-state index in [9.17, 15) is 35.9 Å². The topological polar surface area (TPSA) is 58.6 Å². The minimum Gasteiger partial charge on any atom is -0.381 e. The Morgan fingerprint density at radius 2 is 1.55 bits per heavy atom. The number of carbonyl (C=O) groups excluding carboxylic acids is 2. The Labute approximate surface area is 162 Å². The molecular weight excluding hydrogens is 406 g/mol. The number of carbonyl (C=O) groups is 2. The number of alkyl halides is 6. The van der Waals surface area contributed by atoms with Crippen LogP contribution in [0.15, 0.2) is 18.2 Å². The minimum atomic E-state index is -5.01. The van der Waals surface area contributed by atoms with Crippen LogP contribution in [0.1, 0.15) is 30.4 Å². The zero-order chi connectivity index (χ0) is 21.4. The van der Waals surface area contributed by atoms with Gasteiger partial charge in [-0.2, -0.15) is 26.3 Å². The zero-order valence-corrected chi connectivity index (χ0v) is 15.1. The average Bonchev–Trinajstić information content (AvgIpc) is 3.02. The van der Waals surface area contributed by atoms with Gasteiger partial charge in [0.1, 0.15) is 0 Å². The van der Waals surface area contributed by atoms with Crippen molar-refractivity contribution in [3.05, 3.63) is 29.3 Å². The molecule has 2 saturated heterocycles. The van der Waals surface area contributed by atoms with E-state index in [1.165, 1.54) is 0 Å². The highest BCUT2D eigenvalue weighted by atomic mass is 19.4. The van der Waals surface area contributed by atoms with E-state index in [1.54, 1.807) is 4.90 Å². The van der Waals surface area contributed by atoms with Gasteiger partial charge in [0, 0.05) is 37.9 Å². The highest BCUT2D eigenvalue weighted by Gasteiger charge is 2.40. The fourth-order valence-electron chi connectivity index (χ4n) is 3.53. The normalized spacial score (nSPS) is 21.5. The second-order valence-electron chi connectivity index (χ2n) is 7.07.